The first kappa shape index (κ1) is 16.1. The van der Waals surface area contributed by atoms with E-state index in [1.165, 1.54) is 11.8 Å². The van der Waals surface area contributed by atoms with Crippen molar-refractivity contribution < 1.29 is 9.90 Å². The van der Waals surface area contributed by atoms with Crippen molar-refractivity contribution in [3.63, 3.8) is 0 Å². The molecule has 0 aliphatic rings. The van der Waals surface area contributed by atoms with Crippen LogP contribution in [0.4, 0.5) is 0 Å². The second kappa shape index (κ2) is 8.23. The number of nitrogens with zero attached hydrogens (tertiary/aromatic N) is 1. The summed E-state index contributed by atoms with van der Waals surface area (Å²) >= 11 is 1.38. The Kier molecular flexibility index (Phi) is 6.01. The number of carbonyl (C=O) groups excluding carboxylic acids is 1. The fourth-order valence-corrected chi connectivity index (χ4v) is 2.62. The number of aliphatic hydroxyl groups is 1. The molecule has 1 atom stereocenters. The first-order valence-electron chi connectivity index (χ1n) is 6.81. The Hall–Kier alpha value is -2.29. The normalized spacial score (nSPS) is 11.5. The van der Waals surface area contributed by atoms with Gasteiger partial charge in [0, 0.05) is 10.5 Å². The Morgan fingerprint density at radius 3 is 2.68 bits per heavy atom. The van der Waals surface area contributed by atoms with Crippen molar-refractivity contribution in [2.75, 3.05) is 12.4 Å². The number of amides is 1. The van der Waals surface area contributed by atoms with Crippen LogP contribution < -0.4 is 5.32 Å². The number of aliphatic hydroxyl groups excluding tert-OH is 1. The van der Waals surface area contributed by atoms with Gasteiger partial charge < -0.3 is 10.4 Å². The fraction of sp³-hybridized carbons (Fsp3) is 0.176. The van der Waals surface area contributed by atoms with E-state index in [4.69, 9.17) is 5.26 Å². The van der Waals surface area contributed by atoms with Gasteiger partial charge >= 0.3 is 0 Å². The van der Waals surface area contributed by atoms with E-state index < -0.39 is 6.04 Å². The minimum atomic E-state index is -0.441. The summed E-state index contributed by atoms with van der Waals surface area (Å²) in [6.07, 6.45) is 0. The third kappa shape index (κ3) is 4.35. The maximum Gasteiger partial charge on any atom is 0.251 e. The van der Waals surface area contributed by atoms with Crippen molar-refractivity contribution in [3.05, 3.63) is 65.7 Å². The first-order chi connectivity index (χ1) is 10.7. The van der Waals surface area contributed by atoms with E-state index in [0.29, 0.717) is 11.3 Å². The van der Waals surface area contributed by atoms with E-state index in [2.05, 4.69) is 11.4 Å². The van der Waals surface area contributed by atoms with Gasteiger partial charge in [-0.3, -0.25) is 4.79 Å². The smallest absolute Gasteiger partial charge is 0.251 e. The molecule has 2 aromatic rings. The molecule has 0 bridgehead atoms. The van der Waals surface area contributed by atoms with E-state index in [0.717, 1.165) is 10.5 Å². The number of rotatable bonds is 6. The van der Waals surface area contributed by atoms with E-state index in [-0.39, 0.29) is 12.5 Å². The molecule has 0 aromatic heterocycles. The molecule has 2 aromatic carbocycles. The largest absolute Gasteiger partial charge is 0.394 e. The second-order valence-electron chi connectivity index (χ2n) is 4.59. The summed E-state index contributed by atoms with van der Waals surface area (Å²) in [5.74, 6) is 0.0938. The summed E-state index contributed by atoms with van der Waals surface area (Å²) in [6, 6.07) is 18.1. The van der Waals surface area contributed by atoms with Crippen molar-refractivity contribution in [1.29, 1.82) is 5.26 Å². The lowest BCUT2D eigenvalue weighted by molar-refractivity contribution is 0.0916. The number of hydrogen-bond acceptors (Lipinski definition) is 4. The van der Waals surface area contributed by atoms with Crippen LogP contribution in [-0.2, 0) is 0 Å². The van der Waals surface area contributed by atoms with Gasteiger partial charge in [0.2, 0.25) is 0 Å². The molecule has 0 spiro atoms. The van der Waals surface area contributed by atoms with Crippen LogP contribution in [-0.4, -0.2) is 23.4 Å². The predicted octanol–water partition coefficient (Wildman–Crippen LogP) is 2.77. The number of benzene rings is 2. The average Bonchev–Trinajstić information content (AvgIpc) is 2.58. The molecule has 0 saturated carbocycles. The molecule has 22 heavy (non-hydrogen) atoms. The predicted molar refractivity (Wildman–Crippen MR) is 86.5 cm³/mol. The molecular formula is C17H16N2O2S. The minimum Gasteiger partial charge on any atom is -0.394 e. The van der Waals surface area contributed by atoms with Crippen LogP contribution in [0.15, 0.2) is 59.5 Å². The number of hydrogen-bond donors (Lipinski definition) is 2. The SMILES string of the molecule is N#CCSc1cccc(C(=O)N[C@H](CO)c2ccccc2)c1. The van der Waals surface area contributed by atoms with E-state index in [1.54, 1.807) is 18.2 Å². The van der Waals surface area contributed by atoms with Crippen LogP contribution in [0.25, 0.3) is 0 Å². The molecule has 0 fully saturated rings. The number of carbonyl (C=O) groups is 1. The summed E-state index contributed by atoms with van der Waals surface area (Å²) in [7, 11) is 0. The highest BCUT2D eigenvalue weighted by Gasteiger charge is 2.14. The van der Waals surface area contributed by atoms with Gasteiger partial charge in [-0.25, -0.2) is 0 Å². The highest BCUT2D eigenvalue weighted by molar-refractivity contribution is 7.99. The zero-order valence-electron chi connectivity index (χ0n) is 11.9. The molecular weight excluding hydrogens is 296 g/mol. The van der Waals surface area contributed by atoms with Crippen LogP contribution in [0.3, 0.4) is 0 Å². The van der Waals surface area contributed by atoms with Gasteiger partial charge in [-0.15, -0.1) is 11.8 Å². The minimum absolute atomic E-state index is 0.168. The maximum absolute atomic E-state index is 12.3. The second-order valence-corrected chi connectivity index (χ2v) is 5.64. The van der Waals surface area contributed by atoms with Crippen molar-refractivity contribution in [2.45, 2.75) is 10.9 Å². The van der Waals surface area contributed by atoms with Gasteiger partial charge in [-0.2, -0.15) is 5.26 Å². The van der Waals surface area contributed by atoms with Crippen LogP contribution in [0.1, 0.15) is 22.0 Å². The maximum atomic E-state index is 12.3. The van der Waals surface area contributed by atoms with E-state index in [9.17, 15) is 9.90 Å². The Morgan fingerprint density at radius 1 is 1.23 bits per heavy atom. The summed E-state index contributed by atoms with van der Waals surface area (Å²) in [5, 5.41) is 20.9. The van der Waals surface area contributed by atoms with Gasteiger partial charge in [-0.1, -0.05) is 36.4 Å². The molecule has 1 amide bonds. The molecule has 2 rings (SSSR count). The van der Waals surface area contributed by atoms with Crippen molar-refractivity contribution in [1.82, 2.24) is 5.32 Å². The molecule has 0 aliphatic heterocycles. The summed E-state index contributed by atoms with van der Waals surface area (Å²) in [5.41, 5.74) is 1.37. The zero-order valence-corrected chi connectivity index (χ0v) is 12.7. The standard InChI is InChI=1S/C17H16N2O2S/c18-9-10-22-15-8-4-7-14(11-15)17(21)19-16(12-20)13-5-2-1-3-6-13/h1-8,11,16,20H,10,12H2,(H,19,21)/t16-/m1/s1. The lowest BCUT2D eigenvalue weighted by Gasteiger charge is -2.17. The number of nitrogens with one attached hydrogen (secondary N) is 1. The van der Waals surface area contributed by atoms with Crippen LogP contribution in [0.2, 0.25) is 0 Å². The van der Waals surface area contributed by atoms with Gasteiger partial charge in [0.05, 0.1) is 24.5 Å². The highest BCUT2D eigenvalue weighted by atomic mass is 32.2. The topological polar surface area (TPSA) is 73.1 Å². The number of thioether (sulfide) groups is 1. The first-order valence-corrected chi connectivity index (χ1v) is 7.79. The molecule has 4 nitrogen and oxygen atoms in total. The molecule has 0 aliphatic carbocycles. The third-order valence-corrected chi connectivity index (χ3v) is 3.95. The highest BCUT2D eigenvalue weighted by Crippen LogP contribution is 2.19. The van der Waals surface area contributed by atoms with Crippen LogP contribution in [0.5, 0.6) is 0 Å². The molecule has 0 unspecified atom stereocenters. The van der Waals surface area contributed by atoms with Crippen LogP contribution >= 0.6 is 11.8 Å². The van der Waals surface area contributed by atoms with Crippen molar-refractivity contribution in [2.24, 2.45) is 0 Å². The summed E-state index contributed by atoms with van der Waals surface area (Å²) in [4.78, 5) is 13.2. The molecule has 112 valence electrons. The Bertz CT molecular complexity index is 668. The molecule has 0 heterocycles. The van der Waals surface area contributed by atoms with E-state index >= 15 is 0 Å². The monoisotopic (exact) mass is 312 g/mol. The van der Waals surface area contributed by atoms with E-state index in [1.807, 2.05) is 36.4 Å². The van der Waals surface area contributed by atoms with Gasteiger partial charge in [0.25, 0.3) is 5.91 Å². The lowest BCUT2D eigenvalue weighted by Crippen LogP contribution is -2.30. The summed E-state index contributed by atoms with van der Waals surface area (Å²) in [6.45, 7) is -0.168. The Balaban J connectivity index is 2.09. The van der Waals surface area contributed by atoms with Crippen molar-refractivity contribution >= 4 is 17.7 Å². The Labute approximate surface area is 133 Å². The zero-order chi connectivity index (χ0) is 15.8. The quantitative estimate of drug-likeness (QED) is 0.804. The lowest BCUT2D eigenvalue weighted by atomic mass is 10.1. The number of nitriles is 1. The average molecular weight is 312 g/mol. The third-order valence-electron chi connectivity index (χ3n) is 3.09. The summed E-state index contributed by atoms with van der Waals surface area (Å²) < 4.78 is 0. The fourth-order valence-electron chi connectivity index (χ4n) is 2.00. The van der Waals surface area contributed by atoms with Crippen LogP contribution in [0, 0.1) is 11.3 Å². The van der Waals surface area contributed by atoms with Gasteiger partial charge in [-0.05, 0) is 23.8 Å². The molecule has 0 saturated heterocycles. The molecule has 0 radical (unpaired) electrons. The van der Waals surface area contributed by atoms with Gasteiger partial charge in [0.1, 0.15) is 0 Å². The Morgan fingerprint density at radius 2 is 2.00 bits per heavy atom. The van der Waals surface area contributed by atoms with Crippen molar-refractivity contribution in [3.8, 4) is 6.07 Å². The molecule has 5 heteroatoms. The van der Waals surface area contributed by atoms with Gasteiger partial charge in [0.15, 0.2) is 0 Å². The molecule has 2 N–H and O–H groups in total.